The SMILES string of the molecule is COC(=O)[C@@H]1[C@H](C(=O)OC)[C@@H]2C=C[C@H]1C2=O. The number of methoxy groups -OCH3 is 2. The molecule has 5 heteroatoms. The number of Topliss-reactive ketones (excluding diaryl/α,β-unsaturated/α-hetero) is 1. The quantitative estimate of drug-likeness (QED) is 0.486. The van der Waals surface area contributed by atoms with Crippen LogP contribution in [0.4, 0.5) is 0 Å². The first kappa shape index (κ1) is 10.9. The van der Waals surface area contributed by atoms with Gasteiger partial charge in [-0.15, -0.1) is 0 Å². The average Bonchev–Trinajstić information content (AvgIpc) is 2.80. The van der Waals surface area contributed by atoms with E-state index in [4.69, 9.17) is 0 Å². The summed E-state index contributed by atoms with van der Waals surface area (Å²) < 4.78 is 9.25. The molecule has 2 rings (SSSR count). The van der Waals surface area contributed by atoms with Crippen molar-refractivity contribution in [3.63, 3.8) is 0 Å². The molecule has 4 atom stereocenters. The van der Waals surface area contributed by atoms with Gasteiger partial charge in [0.05, 0.1) is 37.9 Å². The second-order valence-corrected chi connectivity index (χ2v) is 3.94. The van der Waals surface area contributed by atoms with Crippen molar-refractivity contribution in [2.24, 2.45) is 23.7 Å². The first-order valence-corrected chi connectivity index (χ1v) is 4.99. The van der Waals surface area contributed by atoms with Crippen molar-refractivity contribution in [1.82, 2.24) is 0 Å². The molecule has 1 saturated carbocycles. The molecular formula is C11H12O5. The van der Waals surface area contributed by atoms with Crippen LogP contribution in [0.15, 0.2) is 12.2 Å². The third-order valence-electron chi connectivity index (χ3n) is 3.29. The average molecular weight is 224 g/mol. The molecule has 0 aromatic rings. The molecule has 0 aromatic carbocycles. The monoisotopic (exact) mass is 224 g/mol. The minimum atomic E-state index is -0.722. The zero-order valence-electron chi connectivity index (χ0n) is 9.01. The minimum absolute atomic E-state index is 0.0919. The number of allylic oxidation sites excluding steroid dienone is 2. The molecule has 2 bridgehead atoms. The lowest BCUT2D eigenvalue weighted by molar-refractivity contribution is -0.158. The Bertz CT molecular complexity index is 350. The van der Waals surface area contributed by atoms with E-state index in [2.05, 4.69) is 9.47 Å². The van der Waals surface area contributed by atoms with Gasteiger partial charge >= 0.3 is 11.9 Å². The van der Waals surface area contributed by atoms with Crippen LogP contribution in [-0.4, -0.2) is 31.9 Å². The summed E-state index contributed by atoms with van der Waals surface area (Å²) in [6.45, 7) is 0. The molecule has 0 N–H and O–H groups in total. The van der Waals surface area contributed by atoms with Gasteiger partial charge < -0.3 is 9.47 Å². The fourth-order valence-electron chi connectivity index (χ4n) is 2.55. The highest BCUT2D eigenvalue weighted by atomic mass is 16.5. The van der Waals surface area contributed by atoms with Crippen molar-refractivity contribution < 1.29 is 23.9 Å². The Labute approximate surface area is 92.4 Å². The zero-order chi connectivity index (χ0) is 11.9. The van der Waals surface area contributed by atoms with Gasteiger partial charge in [-0.25, -0.2) is 0 Å². The highest BCUT2D eigenvalue weighted by Gasteiger charge is 2.58. The van der Waals surface area contributed by atoms with Crippen molar-refractivity contribution in [1.29, 1.82) is 0 Å². The molecule has 0 unspecified atom stereocenters. The molecule has 1 fully saturated rings. The Balaban J connectivity index is 2.35. The third kappa shape index (κ3) is 1.27. The van der Waals surface area contributed by atoms with E-state index in [1.165, 1.54) is 14.2 Å². The number of fused-ring (bicyclic) bond motifs is 2. The molecule has 0 heterocycles. The maximum absolute atomic E-state index is 11.8. The van der Waals surface area contributed by atoms with Crippen LogP contribution in [0.3, 0.4) is 0 Å². The molecule has 0 amide bonds. The first-order valence-electron chi connectivity index (χ1n) is 4.99. The molecule has 16 heavy (non-hydrogen) atoms. The lowest BCUT2D eigenvalue weighted by Gasteiger charge is -2.21. The van der Waals surface area contributed by atoms with E-state index in [0.717, 1.165) is 0 Å². The Kier molecular flexibility index (Phi) is 2.53. The second-order valence-electron chi connectivity index (χ2n) is 3.94. The van der Waals surface area contributed by atoms with Crippen LogP contribution in [0.5, 0.6) is 0 Å². The maximum atomic E-state index is 11.8. The van der Waals surface area contributed by atoms with Crippen LogP contribution in [0.1, 0.15) is 0 Å². The van der Waals surface area contributed by atoms with Crippen LogP contribution in [0.2, 0.25) is 0 Å². The van der Waals surface area contributed by atoms with Crippen molar-refractivity contribution in [3.05, 3.63) is 12.2 Å². The maximum Gasteiger partial charge on any atom is 0.310 e. The van der Waals surface area contributed by atoms with Gasteiger partial charge in [0.25, 0.3) is 0 Å². The molecule has 0 saturated heterocycles. The summed E-state index contributed by atoms with van der Waals surface area (Å²) in [6, 6.07) is 0. The van der Waals surface area contributed by atoms with Gasteiger partial charge in [-0.05, 0) is 0 Å². The van der Waals surface area contributed by atoms with Crippen LogP contribution >= 0.6 is 0 Å². The summed E-state index contributed by atoms with van der Waals surface area (Å²) in [4.78, 5) is 34.9. The van der Waals surface area contributed by atoms with E-state index in [1.807, 2.05) is 0 Å². The fourth-order valence-corrected chi connectivity index (χ4v) is 2.55. The van der Waals surface area contributed by atoms with Gasteiger partial charge in [0, 0.05) is 0 Å². The van der Waals surface area contributed by atoms with E-state index < -0.39 is 35.6 Å². The van der Waals surface area contributed by atoms with Gasteiger partial charge in [0.2, 0.25) is 0 Å². The normalized spacial score (nSPS) is 35.2. The first-order chi connectivity index (χ1) is 7.61. The predicted molar refractivity (Wildman–Crippen MR) is 52.1 cm³/mol. The highest BCUT2D eigenvalue weighted by molar-refractivity contribution is 6.02. The standard InChI is InChI=1S/C11H12O5/c1-15-10(13)7-5-3-4-6(9(5)12)8(7)11(14)16-2/h3-8H,1-2H3/t5-,6+,7+,8-. The van der Waals surface area contributed by atoms with Crippen LogP contribution < -0.4 is 0 Å². The molecule has 0 aliphatic heterocycles. The molecule has 0 spiro atoms. The number of hydrogen-bond acceptors (Lipinski definition) is 5. The minimum Gasteiger partial charge on any atom is -0.469 e. The summed E-state index contributed by atoms with van der Waals surface area (Å²) in [7, 11) is 2.49. The molecule has 2 aliphatic rings. The number of rotatable bonds is 2. The Hall–Kier alpha value is -1.65. The molecular weight excluding hydrogens is 212 g/mol. The van der Waals surface area contributed by atoms with Crippen LogP contribution in [0.25, 0.3) is 0 Å². The van der Waals surface area contributed by atoms with Crippen molar-refractivity contribution in [2.45, 2.75) is 0 Å². The Morgan fingerprint density at radius 2 is 1.38 bits per heavy atom. The molecule has 0 radical (unpaired) electrons. The summed E-state index contributed by atoms with van der Waals surface area (Å²) in [6.07, 6.45) is 3.35. The number of hydrogen-bond donors (Lipinski definition) is 0. The van der Waals surface area contributed by atoms with Gasteiger partial charge in [0.1, 0.15) is 5.78 Å². The van der Waals surface area contributed by atoms with Gasteiger partial charge in [-0.2, -0.15) is 0 Å². The molecule has 5 nitrogen and oxygen atoms in total. The van der Waals surface area contributed by atoms with Crippen molar-refractivity contribution in [2.75, 3.05) is 14.2 Å². The van der Waals surface area contributed by atoms with Crippen LogP contribution in [0, 0.1) is 23.7 Å². The van der Waals surface area contributed by atoms with E-state index in [0.29, 0.717) is 0 Å². The summed E-state index contributed by atoms with van der Waals surface area (Å²) in [5.41, 5.74) is 0. The third-order valence-corrected chi connectivity index (χ3v) is 3.29. The number of carbonyl (C=O) groups is 3. The lowest BCUT2D eigenvalue weighted by Crippen LogP contribution is -2.34. The predicted octanol–water partition coefficient (Wildman–Crippen LogP) is -0.0503. The van der Waals surface area contributed by atoms with Gasteiger partial charge in [0.15, 0.2) is 0 Å². The number of esters is 2. The second kappa shape index (κ2) is 3.73. The number of ether oxygens (including phenoxy) is 2. The van der Waals surface area contributed by atoms with Crippen molar-refractivity contribution in [3.8, 4) is 0 Å². The molecule has 0 aromatic heterocycles. The van der Waals surface area contributed by atoms with E-state index in [-0.39, 0.29) is 5.78 Å². The summed E-state index contributed by atoms with van der Waals surface area (Å²) in [5.74, 6) is -3.64. The lowest BCUT2D eigenvalue weighted by atomic mass is 9.83. The molecule has 2 aliphatic carbocycles. The van der Waals surface area contributed by atoms with Crippen molar-refractivity contribution >= 4 is 17.7 Å². The van der Waals surface area contributed by atoms with E-state index >= 15 is 0 Å². The van der Waals surface area contributed by atoms with Gasteiger partial charge in [-0.3, -0.25) is 14.4 Å². The van der Waals surface area contributed by atoms with Crippen LogP contribution in [-0.2, 0) is 23.9 Å². The topological polar surface area (TPSA) is 69.7 Å². The summed E-state index contributed by atoms with van der Waals surface area (Å²) in [5, 5.41) is 0. The zero-order valence-corrected chi connectivity index (χ0v) is 9.01. The number of ketones is 1. The van der Waals surface area contributed by atoms with E-state index in [1.54, 1.807) is 12.2 Å². The van der Waals surface area contributed by atoms with Gasteiger partial charge in [-0.1, -0.05) is 12.2 Å². The molecule has 86 valence electrons. The smallest absolute Gasteiger partial charge is 0.310 e. The van der Waals surface area contributed by atoms with E-state index in [9.17, 15) is 14.4 Å². The Morgan fingerprint density at radius 3 is 1.69 bits per heavy atom. The number of carbonyl (C=O) groups excluding carboxylic acids is 3. The highest BCUT2D eigenvalue weighted by Crippen LogP contribution is 2.46. The largest absolute Gasteiger partial charge is 0.469 e. The fraction of sp³-hybridized carbons (Fsp3) is 0.545. The summed E-state index contributed by atoms with van der Waals surface area (Å²) >= 11 is 0. The Morgan fingerprint density at radius 1 is 1.00 bits per heavy atom.